The summed E-state index contributed by atoms with van der Waals surface area (Å²) in [5.41, 5.74) is 4.61. The molecule has 0 saturated heterocycles. The third-order valence-electron chi connectivity index (χ3n) is 4.35. The molecule has 0 aliphatic heterocycles. The van der Waals surface area contributed by atoms with E-state index in [-0.39, 0.29) is 6.04 Å². The summed E-state index contributed by atoms with van der Waals surface area (Å²) in [6, 6.07) is 8.36. The van der Waals surface area contributed by atoms with Crippen LogP contribution >= 0.6 is 11.6 Å². The van der Waals surface area contributed by atoms with Gasteiger partial charge < -0.3 is 5.32 Å². The summed E-state index contributed by atoms with van der Waals surface area (Å²) in [5, 5.41) is 8.76. The minimum Gasteiger partial charge on any atom is -0.362 e. The van der Waals surface area contributed by atoms with Gasteiger partial charge in [-0.3, -0.25) is 4.98 Å². The highest BCUT2D eigenvalue weighted by molar-refractivity contribution is 6.30. The highest BCUT2D eigenvalue weighted by Gasteiger charge is 2.23. The van der Waals surface area contributed by atoms with E-state index in [4.69, 9.17) is 11.6 Å². The number of hydrogen-bond acceptors (Lipinski definition) is 4. The number of benzene rings is 1. The van der Waals surface area contributed by atoms with E-state index < -0.39 is 0 Å². The monoisotopic (exact) mass is 339 g/mol. The summed E-state index contributed by atoms with van der Waals surface area (Å²) >= 11 is 6.08. The molecule has 3 aromatic rings. The normalized spacial score (nSPS) is 16.2. The molecule has 1 N–H and O–H groups in total. The molecular weight excluding hydrogens is 322 g/mol. The van der Waals surface area contributed by atoms with Crippen molar-refractivity contribution >= 4 is 17.4 Å². The number of nitrogens with one attached hydrogen (secondary N) is 1. The molecule has 6 heteroatoms. The molecule has 0 amide bonds. The lowest BCUT2D eigenvalue weighted by Crippen LogP contribution is -2.11. The Morgan fingerprint density at radius 3 is 2.88 bits per heavy atom. The molecule has 1 aromatic carbocycles. The zero-order valence-corrected chi connectivity index (χ0v) is 14.4. The predicted molar refractivity (Wildman–Crippen MR) is 94.8 cm³/mol. The molecule has 2 heterocycles. The molecular formula is C18H18ClN5. The average Bonchev–Trinajstić information content (AvgIpc) is 3.10. The summed E-state index contributed by atoms with van der Waals surface area (Å²) in [6.07, 6.45) is 5.54. The Kier molecular flexibility index (Phi) is 3.73. The Hall–Kier alpha value is -2.40. The Bertz CT molecular complexity index is 902. The van der Waals surface area contributed by atoms with Gasteiger partial charge in [0.2, 0.25) is 0 Å². The van der Waals surface area contributed by atoms with Gasteiger partial charge in [0, 0.05) is 10.7 Å². The van der Waals surface area contributed by atoms with E-state index in [2.05, 4.69) is 32.5 Å². The van der Waals surface area contributed by atoms with Crippen LogP contribution in [0.15, 0.2) is 36.7 Å². The first kappa shape index (κ1) is 15.1. The van der Waals surface area contributed by atoms with Crippen molar-refractivity contribution in [1.29, 1.82) is 0 Å². The highest BCUT2D eigenvalue weighted by Crippen LogP contribution is 2.34. The molecule has 5 nitrogen and oxygen atoms in total. The van der Waals surface area contributed by atoms with Crippen molar-refractivity contribution in [2.75, 3.05) is 5.32 Å². The lowest BCUT2D eigenvalue weighted by Gasteiger charge is -2.15. The number of halogens is 1. The maximum absolute atomic E-state index is 6.08. The number of nitrogens with zero attached hydrogens (tertiary/aromatic N) is 4. The number of aromatic nitrogens is 4. The third kappa shape index (κ3) is 2.76. The van der Waals surface area contributed by atoms with Gasteiger partial charge in [-0.25, -0.2) is 9.67 Å². The summed E-state index contributed by atoms with van der Waals surface area (Å²) in [6.45, 7) is 3.98. The lowest BCUT2D eigenvalue weighted by molar-refractivity contribution is 0.749. The Balaban J connectivity index is 1.61. The molecule has 122 valence electrons. The Labute approximate surface area is 145 Å². The first-order valence-electron chi connectivity index (χ1n) is 8.01. The molecule has 1 unspecified atom stereocenters. The first-order valence-corrected chi connectivity index (χ1v) is 8.38. The minimum absolute atomic E-state index is 0.238. The second-order valence-corrected chi connectivity index (χ2v) is 6.62. The molecule has 0 bridgehead atoms. The number of rotatable bonds is 3. The fourth-order valence-electron chi connectivity index (χ4n) is 3.30. The van der Waals surface area contributed by atoms with E-state index in [0.29, 0.717) is 0 Å². The van der Waals surface area contributed by atoms with E-state index >= 15 is 0 Å². The number of hydrogen-bond donors (Lipinski definition) is 1. The molecule has 24 heavy (non-hydrogen) atoms. The average molecular weight is 340 g/mol. The van der Waals surface area contributed by atoms with E-state index in [1.807, 2.05) is 30.7 Å². The maximum Gasteiger partial charge on any atom is 0.174 e. The van der Waals surface area contributed by atoms with Gasteiger partial charge in [0.15, 0.2) is 5.82 Å². The van der Waals surface area contributed by atoms with Crippen LogP contribution in [0.2, 0.25) is 5.02 Å². The molecule has 2 aromatic heterocycles. The van der Waals surface area contributed by atoms with Crippen LogP contribution in [0.3, 0.4) is 0 Å². The molecule has 1 aliphatic rings. The number of fused-ring (bicyclic) bond motifs is 1. The summed E-state index contributed by atoms with van der Waals surface area (Å²) < 4.78 is 1.82. The fourth-order valence-corrected chi connectivity index (χ4v) is 3.50. The van der Waals surface area contributed by atoms with Gasteiger partial charge in [-0.1, -0.05) is 17.7 Å². The van der Waals surface area contributed by atoms with Crippen molar-refractivity contribution in [1.82, 2.24) is 19.7 Å². The van der Waals surface area contributed by atoms with E-state index in [1.54, 1.807) is 12.4 Å². The molecule has 0 fully saturated rings. The van der Waals surface area contributed by atoms with Crippen LogP contribution < -0.4 is 5.32 Å². The van der Waals surface area contributed by atoms with Gasteiger partial charge in [-0.2, -0.15) is 5.10 Å². The summed E-state index contributed by atoms with van der Waals surface area (Å²) in [4.78, 5) is 8.99. The van der Waals surface area contributed by atoms with Crippen LogP contribution in [0.25, 0.3) is 5.82 Å². The van der Waals surface area contributed by atoms with E-state index in [1.165, 1.54) is 11.1 Å². The molecule has 1 atom stereocenters. The highest BCUT2D eigenvalue weighted by atomic mass is 35.5. The fraction of sp³-hybridized carbons (Fsp3) is 0.278. The summed E-state index contributed by atoms with van der Waals surface area (Å²) in [5.74, 6) is 1.48. The van der Waals surface area contributed by atoms with Crippen LogP contribution in [-0.4, -0.2) is 19.7 Å². The van der Waals surface area contributed by atoms with Crippen LogP contribution in [0.5, 0.6) is 0 Å². The Morgan fingerprint density at radius 1 is 1.21 bits per heavy atom. The van der Waals surface area contributed by atoms with Crippen molar-refractivity contribution in [2.24, 2.45) is 0 Å². The molecule has 0 spiro atoms. The van der Waals surface area contributed by atoms with Crippen molar-refractivity contribution in [2.45, 2.75) is 32.7 Å². The SMILES string of the molecule is Cc1cc(C)n(-c2cncc(NC3CCc4cc(Cl)ccc43)n2)n1. The standard InChI is InChI=1S/C18H18ClN5/c1-11-7-12(2)24(23-11)18-10-20-9-17(22-18)21-16-6-3-13-8-14(19)4-5-15(13)16/h4-5,7-10,16H,3,6H2,1-2H3,(H,21,22). The quantitative estimate of drug-likeness (QED) is 0.782. The van der Waals surface area contributed by atoms with E-state index in [9.17, 15) is 0 Å². The zero-order chi connectivity index (χ0) is 16.7. The van der Waals surface area contributed by atoms with Gasteiger partial charge >= 0.3 is 0 Å². The predicted octanol–water partition coefficient (Wildman–Crippen LogP) is 4.03. The lowest BCUT2D eigenvalue weighted by atomic mass is 10.1. The summed E-state index contributed by atoms with van der Waals surface area (Å²) in [7, 11) is 0. The molecule has 4 rings (SSSR count). The maximum atomic E-state index is 6.08. The van der Waals surface area contributed by atoms with Crippen LogP contribution in [0.1, 0.15) is 35.0 Å². The van der Waals surface area contributed by atoms with Crippen LogP contribution in [0.4, 0.5) is 5.82 Å². The third-order valence-corrected chi connectivity index (χ3v) is 4.59. The largest absolute Gasteiger partial charge is 0.362 e. The van der Waals surface area contributed by atoms with Gasteiger partial charge in [-0.05, 0) is 56.0 Å². The van der Waals surface area contributed by atoms with Crippen molar-refractivity contribution in [3.63, 3.8) is 0 Å². The topological polar surface area (TPSA) is 55.6 Å². The Morgan fingerprint density at radius 2 is 2.08 bits per heavy atom. The number of aryl methyl sites for hydroxylation is 3. The smallest absolute Gasteiger partial charge is 0.174 e. The van der Waals surface area contributed by atoms with Crippen molar-refractivity contribution < 1.29 is 0 Å². The molecule has 1 aliphatic carbocycles. The number of anilines is 1. The second-order valence-electron chi connectivity index (χ2n) is 6.18. The minimum atomic E-state index is 0.238. The van der Waals surface area contributed by atoms with Gasteiger partial charge in [-0.15, -0.1) is 0 Å². The molecule has 0 radical (unpaired) electrons. The first-order chi connectivity index (χ1) is 11.6. The van der Waals surface area contributed by atoms with Gasteiger partial charge in [0.1, 0.15) is 5.82 Å². The van der Waals surface area contributed by atoms with Crippen LogP contribution in [0, 0.1) is 13.8 Å². The second kappa shape index (κ2) is 5.91. The van der Waals surface area contributed by atoms with Gasteiger partial charge in [0.25, 0.3) is 0 Å². The van der Waals surface area contributed by atoms with E-state index in [0.717, 1.165) is 40.9 Å². The van der Waals surface area contributed by atoms with Crippen molar-refractivity contribution in [3.05, 3.63) is 64.2 Å². The van der Waals surface area contributed by atoms with Crippen LogP contribution in [-0.2, 0) is 6.42 Å². The van der Waals surface area contributed by atoms with Gasteiger partial charge in [0.05, 0.1) is 24.1 Å². The molecule has 0 saturated carbocycles. The zero-order valence-electron chi connectivity index (χ0n) is 13.6. The van der Waals surface area contributed by atoms with Crippen molar-refractivity contribution in [3.8, 4) is 5.82 Å².